The van der Waals surface area contributed by atoms with Gasteiger partial charge in [0.2, 0.25) is 0 Å². The van der Waals surface area contributed by atoms with Crippen LogP contribution in [0, 0.1) is 6.92 Å². The molecule has 0 aliphatic carbocycles. The summed E-state index contributed by atoms with van der Waals surface area (Å²) in [5, 5.41) is 0.807. The van der Waals surface area contributed by atoms with Gasteiger partial charge in [0, 0.05) is 17.5 Å². The highest BCUT2D eigenvalue weighted by Crippen LogP contribution is 2.36. The molecule has 4 heteroatoms. The standard InChI is InChI=1S/C18H16O4/c1-11-4-6-12(7-5-11)13-9-18(19)22-15-10-17(21-3)16(20-2)8-14(13)15/h4-10H,1-3H3. The van der Waals surface area contributed by atoms with E-state index in [2.05, 4.69) is 0 Å². The molecular weight excluding hydrogens is 280 g/mol. The highest BCUT2D eigenvalue weighted by molar-refractivity contribution is 5.95. The van der Waals surface area contributed by atoms with E-state index in [1.807, 2.05) is 37.3 Å². The van der Waals surface area contributed by atoms with Crippen molar-refractivity contribution in [3.8, 4) is 22.6 Å². The second kappa shape index (κ2) is 5.56. The summed E-state index contributed by atoms with van der Waals surface area (Å²) in [5.74, 6) is 1.12. The van der Waals surface area contributed by atoms with Crippen LogP contribution in [0.3, 0.4) is 0 Å². The maximum atomic E-state index is 11.9. The van der Waals surface area contributed by atoms with Gasteiger partial charge in [-0.2, -0.15) is 0 Å². The molecule has 3 rings (SSSR count). The maximum Gasteiger partial charge on any atom is 0.336 e. The fourth-order valence-corrected chi connectivity index (χ4v) is 2.46. The lowest BCUT2D eigenvalue weighted by atomic mass is 10.0. The Labute approximate surface area is 127 Å². The third kappa shape index (κ3) is 2.44. The van der Waals surface area contributed by atoms with E-state index in [9.17, 15) is 4.79 Å². The summed E-state index contributed by atoms with van der Waals surface area (Å²) in [7, 11) is 3.12. The van der Waals surface area contributed by atoms with Crippen LogP contribution in [0.1, 0.15) is 5.56 Å². The summed E-state index contributed by atoms with van der Waals surface area (Å²) >= 11 is 0. The molecule has 1 aromatic heterocycles. The Balaban J connectivity index is 2.33. The fraction of sp³-hybridized carbons (Fsp3) is 0.167. The zero-order chi connectivity index (χ0) is 15.7. The summed E-state index contributed by atoms with van der Waals surface area (Å²) < 4.78 is 15.9. The monoisotopic (exact) mass is 296 g/mol. The molecule has 0 saturated heterocycles. The van der Waals surface area contributed by atoms with Crippen LogP contribution in [0.15, 0.2) is 51.7 Å². The molecule has 0 spiro atoms. The van der Waals surface area contributed by atoms with Gasteiger partial charge in [0.25, 0.3) is 0 Å². The largest absolute Gasteiger partial charge is 0.493 e. The lowest BCUT2D eigenvalue weighted by molar-refractivity contribution is 0.355. The Morgan fingerprint density at radius 3 is 2.18 bits per heavy atom. The number of fused-ring (bicyclic) bond motifs is 1. The van der Waals surface area contributed by atoms with Crippen LogP contribution in [0.4, 0.5) is 0 Å². The van der Waals surface area contributed by atoms with Crippen molar-refractivity contribution in [2.75, 3.05) is 14.2 Å². The first-order valence-corrected chi connectivity index (χ1v) is 6.89. The molecule has 0 amide bonds. The SMILES string of the molecule is COc1cc2oc(=O)cc(-c3ccc(C)cc3)c2cc1OC. The van der Waals surface area contributed by atoms with E-state index >= 15 is 0 Å². The Kier molecular flexibility index (Phi) is 3.59. The molecule has 0 radical (unpaired) electrons. The van der Waals surface area contributed by atoms with Gasteiger partial charge < -0.3 is 13.9 Å². The molecule has 0 fully saturated rings. The third-order valence-corrected chi connectivity index (χ3v) is 3.61. The molecule has 22 heavy (non-hydrogen) atoms. The molecule has 112 valence electrons. The third-order valence-electron chi connectivity index (χ3n) is 3.61. The molecule has 0 saturated carbocycles. The topological polar surface area (TPSA) is 48.7 Å². The minimum atomic E-state index is -0.393. The lowest BCUT2D eigenvalue weighted by Gasteiger charge is -2.11. The van der Waals surface area contributed by atoms with Crippen molar-refractivity contribution in [2.45, 2.75) is 6.92 Å². The number of methoxy groups -OCH3 is 2. The summed E-state index contributed by atoms with van der Waals surface area (Å²) in [5.41, 5.74) is 3.01. The van der Waals surface area contributed by atoms with Crippen LogP contribution in [0.2, 0.25) is 0 Å². The Bertz CT molecular complexity index is 876. The van der Waals surface area contributed by atoms with Crippen molar-refractivity contribution in [1.82, 2.24) is 0 Å². The van der Waals surface area contributed by atoms with E-state index in [0.29, 0.717) is 17.1 Å². The predicted molar refractivity (Wildman–Crippen MR) is 85.8 cm³/mol. The van der Waals surface area contributed by atoms with Crippen molar-refractivity contribution in [3.05, 3.63) is 58.4 Å². The van der Waals surface area contributed by atoms with Gasteiger partial charge in [0.05, 0.1) is 14.2 Å². The van der Waals surface area contributed by atoms with Crippen molar-refractivity contribution >= 4 is 11.0 Å². The Morgan fingerprint density at radius 1 is 0.909 bits per heavy atom. The minimum absolute atomic E-state index is 0.393. The van der Waals surface area contributed by atoms with Crippen LogP contribution in [-0.4, -0.2) is 14.2 Å². The quantitative estimate of drug-likeness (QED) is 0.690. The van der Waals surface area contributed by atoms with Crippen LogP contribution in [0.25, 0.3) is 22.1 Å². The molecule has 1 heterocycles. The van der Waals surface area contributed by atoms with Crippen molar-refractivity contribution < 1.29 is 13.9 Å². The van der Waals surface area contributed by atoms with E-state index in [0.717, 1.165) is 22.1 Å². The second-order valence-electron chi connectivity index (χ2n) is 5.05. The van der Waals surface area contributed by atoms with Crippen molar-refractivity contribution in [3.63, 3.8) is 0 Å². The second-order valence-corrected chi connectivity index (χ2v) is 5.05. The number of rotatable bonds is 3. The van der Waals surface area contributed by atoms with Crippen LogP contribution in [0.5, 0.6) is 11.5 Å². The molecule has 2 aromatic carbocycles. The molecule has 4 nitrogen and oxygen atoms in total. The predicted octanol–water partition coefficient (Wildman–Crippen LogP) is 3.79. The zero-order valence-electron chi connectivity index (χ0n) is 12.7. The Hall–Kier alpha value is -2.75. The number of hydrogen-bond donors (Lipinski definition) is 0. The van der Waals surface area contributed by atoms with Crippen LogP contribution >= 0.6 is 0 Å². The van der Waals surface area contributed by atoms with Gasteiger partial charge in [-0.25, -0.2) is 4.79 Å². The molecule has 3 aromatic rings. The smallest absolute Gasteiger partial charge is 0.336 e. The molecule has 0 bridgehead atoms. The first-order chi connectivity index (χ1) is 10.6. The first kappa shape index (κ1) is 14.2. The van der Waals surface area contributed by atoms with Gasteiger partial charge in [-0.15, -0.1) is 0 Å². The average molecular weight is 296 g/mol. The maximum absolute atomic E-state index is 11.9. The lowest BCUT2D eigenvalue weighted by Crippen LogP contribution is -1.99. The average Bonchev–Trinajstić information content (AvgIpc) is 2.53. The summed E-state index contributed by atoms with van der Waals surface area (Å²) in [4.78, 5) is 11.9. The Morgan fingerprint density at radius 2 is 1.55 bits per heavy atom. The van der Waals surface area contributed by atoms with E-state index in [1.54, 1.807) is 20.3 Å². The highest BCUT2D eigenvalue weighted by atomic mass is 16.5. The van der Waals surface area contributed by atoms with E-state index in [-0.39, 0.29) is 0 Å². The van der Waals surface area contributed by atoms with Crippen LogP contribution < -0.4 is 15.1 Å². The first-order valence-electron chi connectivity index (χ1n) is 6.89. The number of benzene rings is 2. The number of hydrogen-bond acceptors (Lipinski definition) is 4. The van der Waals surface area contributed by atoms with Gasteiger partial charge >= 0.3 is 5.63 Å². The van der Waals surface area contributed by atoms with Gasteiger partial charge in [0.1, 0.15) is 5.58 Å². The fourth-order valence-electron chi connectivity index (χ4n) is 2.46. The number of ether oxygens (including phenoxy) is 2. The zero-order valence-corrected chi connectivity index (χ0v) is 12.7. The van der Waals surface area contributed by atoms with Gasteiger partial charge in [-0.05, 0) is 24.1 Å². The molecule has 0 aliphatic heterocycles. The molecular formula is C18H16O4. The molecule has 0 N–H and O–H groups in total. The number of aryl methyl sites for hydroxylation is 1. The summed E-state index contributed by atoms with van der Waals surface area (Å²) in [6, 6.07) is 13.0. The summed E-state index contributed by atoms with van der Waals surface area (Å²) in [6.07, 6.45) is 0. The van der Waals surface area contributed by atoms with Gasteiger partial charge in [-0.1, -0.05) is 29.8 Å². The molecule has 0 aliphatic rings. The summed E-state index contributed by atoms with van der Waals surface area (Å²) in [6.45, 7) is 2.02. The van der Waals surface area contributed by atoms with E-state index in [1.165, 1.54) is 6.07 Å². The van der Waals surface area contributed by atoms with E-state index < -0.39 is 5.63 Å². The minimum Gasteiger partial charge on any atom is -0.493 e. The van der Waals surface area contributed by atoms with Crippen molar-refractivity contribution in [2.24, 2.45) is 0 Å². The normalized spacial score (nSPS) is 10.7. The van der Waals surface area contributed by atoms with E-state index in [4.69, 9.17) is 13.9 Å². The van der Waals surface area contributed by atoms with Crippen LogP contribution in [-0.2, 0) is 0 Å². The molecule has 0 atom stereocenters. The highest BCUT2D eigenvalue weighted by Gasteiger charge is 2.13. The molecule has 0 unspecified atom stereocenters. The van der Waals surface area contributed by atoms with Gasteiger partial charge in [0.15, 0.2) is 11.5 Å². The van der Waals surface area contributed by atoms with Gasteiger partial charge in [-0.3, -0.25) is 0 Å². The van der Waals surface area contributed by atoms with Crippen molar-refractivity contribution in [1.29, 1.82) is 0 Å².